The standard InChI is InChI=1S/C36H40N2O10/c1-21-16-29(40)31(38(5)34(43)46-20-22-10-8-7-9-11-22)24-13-14-28(39)25(19-24)26-17-23(18-27(33(42)45-6)37-32(21)41)12-15-30(26)47-35(44)48-36(2,3)4/h7-15,17,19,21,27,31,39H,16,18,20H2,1-6H3,(H,37,41)/t21-,27+,31+/m1/s1. The van der Waals surface area contributed by atoms with Gasteiger partial charge in [0, 0.05) is 36.9 Å². The highest BCUT2D eigenvalue weighted by Crippen LogP contribution is 2.40. The van der Waals surface area contributed by atoms with Crippen LogP contribution in [0.15, 0.2) is 66.7 Å². The molecule has 0 unspecified atom stereocenters. The zero-order valence-electron chi connectivity index (χ0n) is 27.8. The number of nitrogens with zero attached hydrogens (tertiary/aromatic N) is 1. The molecule has 2 amide bonds. The number of likely N-dealkylation sites (N-methyl/N-ethyl adjacent to an activating group) is 1. The van der Waals surface area contributed by atoms with Crippen molar-refractivity contribution in [3.05, 3.63) is 83.4 Å². The van der Waals surface area contributed by atoms with E-state index in [1.807, 2.05) is 6.07 Å². The minimum absolute atomic E-state index is 0.0123. The zero-order chi connectivity index (χ0) is 35.2. The van der Waals surface area contributed by atoms with Crippen molar-refractivity contribution in [2.45, 2.75) is 64.8 Å². The molecule has 48 heavy (non-hydrogen) atoms. The van der Waals surface area contributed by atoms with Crippen LogP contribution in [0.5, 0.6) is 11.5 Å². The van der Waals surface area contributed by atoms with E-state index in [2.05, 4.69) is 5.32 Å². The van der Waals surface area contributed by atoms with Gasteiger partial charge in [-0.3, -0.25) is 14.5 Å². The van der Waals surface area contributed by atoms with Crippen LogP contribution in [0.2, 0.25) is 0 Å². The lowest BCUT2D eigenvalue weighted by molar-refractivity contribution is -0.145. The molecular formula is C36H40N2O10. The molecule has 254 valence electrons. The average molecular weight is 661 g/mol. The van der Waals surface area contributed by atoms with Gasteiger partial charge in [0.1, 0.15) is 35.8 Å². The van der Waals surface area contributed by atoms with Crippen molar-refractivity contribution >= 4 is 29.9 Å². The molecule has 0 radical (unpaired) electrons. The number of hydrogen-bond acceptors (Lipinski definition) is 10. The number of benzene rings is 3. The van der Waals surface area contributed by atoms with E-state index in [0.717, 1.165) is 10.5 Å². The Hall–Kier alpha value is -5.39. The average Bonchev–Trinajstić information content (AvgIpc) is 3.03. The summed E-state index contributed by atoms with van der Waals surface area (Å²) in [7, 11) is 2.60. The Morgan fingerprint density at radius 3 is 2.33 bits per heavy atom. The molecule has 0 saturated carbocycles. The van der Waals surface area contributed by atoms with Crippen LogP contribution >= 0.6 is 0 Å². The Morgan fingerprint density at radius 1 is 0.958 bits per heavy atom. The van der Waals surface area contributed by atoms with Crippen molar-refractivity contribution in [3.63, 3.8) is 0 Å². The molecule has 0 spiro atoms. The molecule has 3 aromatic rings. The lowest BCUT2D eigenvalue weighted by Gasteiger charge is -2.29. The van der Waals surface area contributed by atoms with Crippen LogP contribution in [0.25, 0.3) is 11.1 Å². The van der Waals surface area contributed by atoms with Crippen molar-refractivity contribution in [1.29, 1.82) is 0 Å². The summed E-state index contributed by atoms with van der Waals surface area (Å²) in [5.74, 6) is -2.88. The van der Waals surface area contributed by atoms with E-state index < -0.39 is 53.5 Å². The quantitative estimate of drug-likeness (QED) is 0.204. The number of fused-ring (bicyclic) bond motifs is 5. The predicted octanol–water partition coefficient (Wildman–Crippen LogP) is 5.49. The summed E-state index contributed by atoms with van der Waals surface area (Å²) >= 11 is 0. The number of phenols is 1. The Bertz CT molecular complexity index is 1680. The number of aromatic hydroxyl groups is 1. The molecule has 4 rings (SSSR count). The number of carbonyl (C=O) groups excluding carboxylic acids is 5. The van der Waals surface area contributed by atoms with Gasteiger partial charge < -0.3 is 29.4 Å². The van der Waals surface area contributed by atoms with Crippen LogP contribution in [-0.4, -0.2) is 65.7 Å². The summed E-state index contributed by atoms with van der Waals surface area (Å²) in [6.45, 7) is 6.54. The topological polar surface area (TPSA) is 158 Å². The van der Waals surface area contributed by atoms with Crippen molar-refractivity contribution in [2.75, 3.05) is 14.2 Å². The number of hydrogen-bond donors (Lipinski definition) is 2. The maximum Gasteiger partial charge on any atom is 0.514 e. The summed E-state index contributed by atoms with van der Waals surface area (Å²) in [5.41, 5.74) is 1.10. The van der Waals surface area contributed by atoms with Crippen LogP contribution in [0.4, 0.5) is 9.59 Å². The van der Waals surface area contributed by atoms with Gasteiger partial charge in [-0.2, -0.15) is 0 Å². The third-order valence-corrected chi connectivity index (χ3v) is 7.64. The monoisotopic (exact) mass is 660 g/mol. The summed E-state index contributed by atoms with van der Waals surface area (Å²) in [5, 5.41) is 13.8. The first-order valence-corrected chi connectivity index (χ1v) is 15.4. The second-order valence-corrected chi connectivity index (χ2v) is 12.6. The third-order valence-electron chi connectivity index (χ3n) is 7.64. The van der Waals surface area contributed by atoms with Gasteiger partial charge in [-0.1, -0.05) is 49.4 Å². The van der Waals surface area contributed by atoms with Gasteiger partial charge in [-0.05, 0) is 61.7 Å². The molecule has 3 aromatic carbocycles. The molecule has 12 nitrogen and oxygen atoms in total. The van der Waals surface area contributed by atoms with Gasteiger partial charge in [0.05, 0.1) is 7.11 Å². The van der Waals surface area contributed by atoms with Crippen LogP contribution in [0.3, 0.4) is 0 Å². The Kier molecular flexibility index (Phi) is 11.1. The first-order chi connectivity index (χ1) is 22.7. The number of nitrogens with one attached hydrogen (secondary N) is 1. The molecular weight excluding hydrogens is 620 g/mol. The molecule has 0 saturated heterocycles. The molecule has 0 aliphatic carbocycles. The van der Waals surface area contributed by atoms with Crippen molar-refractivity contribution in [2.24, 2.45) is 5.92 Å². The zero-order valence-corrected chi connectivity index (χ0v) is 27.8. The first kappa shape index (κ1) is 35.5. The molecule has 4 bridgehead atoms. The van der Waals surface area contributed by atoms with E-state index in [1.54, 1.807) is 64.1 Å². The van der Waals surface area contributed by atoms with E-state index in [4.69, 9.17) is 18.9 Å². The SMILES string of the molecule is COC(=O)[C@@H]1Cc2ccc(OC(=O)OC(C)(C)C)c(c2)-c2cc(ccc2O)[C@H](N(C)C(=O)OCc2ccccc2)C(=O)C[C@@H](C)C(=O)N1. The number of ketones is 1. The molecule has 0 aromatic heterocycles. The summed E-state index contributed by atoms with van der Waals surface area (Å²) in [6.07, 6.45) is -2.11. The molecule has 3 atom stereocenters. The Balaban J connectivity index is 1.84. The van der Waals surface area contributed by atoms with Gasteiger partial charge in [-0.25, -0.2) is 14.4 Å². The van der Waals surface area contributed by atoms with E-state index in [9.17, 15) is 29.1 Å². The summed E-state index contributed by atoms with van der Waals surface area (Å²) in [4.78, 5) is 67.2. The number of carbonyl (C=O) groups is 5. The van der Waals surface area contributed by atoms with E-state index in [0.29, 0.717) is 11.1 Å². The number of methoxy groups -OCH3 is 1. The van der Waals surface area contributed by atoms with E-state index >= 15 is 0 Å². The van der Waals surface area contributed by atoms with Gasteiger partial charge in [-0.15, -0.1) is 0 Å². The summed E-state index contributed by atoms with van der Waals surface area (Å²) in [6, 6.07) is 15.7. The maximum absolute atomic E-state index is 14.0. The predicted molar refractivity (Wildman–Crippen MR) is 174 cm³/mol. The molecule has 2 N–H and O–H groups in total. The lowest BCUT2D eigenvalue weighted by Crippen LogP contribution is -2.46. The number of phenolic OH excluding ortho intramolecular Hbond substituents is 1. The van der Waals surface area contributed by atoms with Crippen LogP contribution in [-0.2, 0) is 41.6 Å². The molecule has 0 fully saturated rings. The first-order valence-electron chi connectivity index (χ1n) is 15.4. The fourth-order valence-electron chi connectivity index (χ4n) is 5.25. The number of amides is 2. The summed E-state index contributed by atoms with van der Waals surface area (Å²) < 4.78 is 21.4. The van der Waals surface area contributed by atoms with Crippen LogP contribution in [0, 0.1) is 5.92 Å². The van der Waals surface area contributed by atoms with Crippen molar-refractivity contribution in [1.82, 2.24) is 10.2 Å². The second-order valence-electron chi connectivity index (χ2n) is 12.6. The van der Waals surface area contributed by atoms with E-state index in [1.165, 1.54) is 38.4 Å². The highest BCUT2D eigenvalue weighted by Gasteiger charge is 2.34. The minimum Gasteiger partial charge on any atom is -0.507 e. The largest absolute Gasteiger partial charge is 0.514 e. The fraction of sp³-hybridized carbons (Fsp3) is 0.361. The molecule has 1 aliphatic rings. The third kappa shape index (κ3) is 8.90. The maximum atomic E-state index is 14.0. The van der Waals surface area contributed by atoms with Gasteiger partial charge >= 0.3 is 18.2 Å². The number of esters is 1. The van der Waals surface area contributed by atoms with Gasteiger partial charge in [0.25, 0.3) is 0 Å². The lowest BCUT2D eigenvalue weighted by atomic mass is 9.90. The number of Topliss-reactive ketones (excluding diaryl/α,β-unsaturated/α-hetero) is 1. The Labute approximate surface area is 278 Å². The fourth-order valence-corrected chi connectivity index (χ4v) is 5.25. The van der Waals surface area contributed by atoms with Crippen molar-refractivity contribution in [3.8, 4) is 22.6 Å². The van der Waals surface area contributed by atoms with Crippen molar-refractivity contribution < 1.29 is 48.0 Å². The van der Waals surface area contributed by atoms with Crippen LogP contribution < -0.4 is 10.1 Å². The Morgan fingerprint density at radius 2 is 1.67 bits per heavy atom. The second kappa shape index (κ2) is 15.0. The normalized spacial score (nSPS) is 18.1. The highest BCUT2D eigenvalue weighted by atomic mass is 16.7. The smallest absolute Gasteiger partial charge is 0.507 e. The number of rotatable bonds is 5. The molecule has 1 aliphatic heterocycles. The van der Waals surface area contributed by atoms with Crippen LogP contribution in [0.1, 0.15) is 56.8 Å². The van der Waals surface area contributed by atoms with Gasteiger partial charge in [0.15, 0.2) is 5.78 Å². The van der Waals surface area contributed by atoms with Gasteiger partial charge in [0.2, 0.25) is 5.91 Å². The molecule has 12 heteroatoms. The highest BCUT2D eigenvalue weighted by molar-refractivity contribution is 5.94. The minimum atomic E-state index is -1.25. The van der Waals surface area contributed by atoms with E-state index in [-0.39, 0.29) is 42.1 Å². The number of ether oxygens (including phenoxy) is 4. The molecule has 1 heterocycles.